The second-order valence-electron chi connectivity index (χ2n) is 3.80. The van der Waals surface area contributed by atoms with Crippen LogP contribution in [0.2, 0.25) is 0 Å². The molecule has 3 heteroatoms. The number of benzene rings is 1. The maximum atomic E-state index is 11.5. The van der Waals surface area contributed by atoms with Gasteiger partial charge in [0.2, 0.25) is 5.91 Å². The lowest BCUT2D eigenvalue weighted by atomic mass is 10.0. The second-order valence-corrected chi connectivity index (χ2v) is 3.80. The molecule has 3 nitrogen and oxygen atoms in total. The van der Waals surface area contributed by atoms with Gasteiger partial charge in [0.1, 0.15) is 0 Å². The fourth-order valence-corrected chi connectivity index (χ4v) is 1.69. The van der Waals surface area contributed by atoms with Crippen LogP contribution < -0.4 is 11.1 Å². The van der Waals surface area contributed by atoms with Crippen molar-refractivity contribution in [2.45, 2.75) is 25.8 Å². The third-order valence-electron chi connectivity index (χ3n) is 2.58. The van der Waals surface area contributed by atoms with Gasteiger partial charge in [-0.1, -0.05) is 12.1 Å². The minimum Gasteiger partial charge on any atom is -0.324 e. The first-order valence-electron chi connectivity index (χ1n) is 4.83. The number of anilines is 1. The molecule has 1 aliphatic rings. The van der Waals surface area contributed by atoms with Gasteiger partial charge < -0.3 is 11.1 Å². The number of nitrogens with two attached hydrogens (primary N) is 1. The van der Waals surface area contributed by atoms with E-state index in [1.54, 1.807) is 0 Å². The van der Waals surface area contributed by atoms with Crippen LogP contribution in [0.3, 0.4) is 0 Å². The molecule has 0 radical (unpaired) electrons. The van der Waals surface area contributed by atoms with E-state index in [0.717, 1.165) is 24.1 Å². The average Bonchev–Trinajstić information content (AvgIpc) is 2.27. The van der Waals surface area contributed by atoms with Crippen molar-refractivity contribution in [2.75, 3.05) is 5.32 Å². The second kappa shape index (κ2) is 3.42. The first-order chi connectivity index (χ1) is 6.66. The van der Waals surface area contributed by atoms with Gasteiger partial charge in [0.25, 0.3) is 0 Å². The van der Waals surface area contributed by atoms with Crippen LogP contribution in [-0.2, 0) is 11.2 Å². The molecule has 0 bridgehead atoms. The van der Waals surface area contributed by atoms with Crippen molar-refractivity contribution < 1.29 is 4.79 Å². The van der Waals surface area contributed by atoms with Gasteiger partial charge in [0.05, 0.1) is 6.04 Å². The van der Waals surface area contributed by atoms with E-state index in [1.165, 1.54) is 5.56 Å². The fraction of sp³-hybridized carbons (Fsp3) is 0.364. The van der Waals surface area contributed by atoms with E-state index < -0.39 is 0 Å². The number of fused-ring (bicyclic) bond motifs is 1. The lowest BCUT2D eigenvalue weighted by Crippen LogP contribution is -2.34. The minimum atomic E-state index is -0.372. The molecule has 0 saturated carbocycles. The quantitative estimate of drug-likeness (QED) is 0.646. The van der Waals surface area contributed by atoms with Crippen molar-refractivity contribution in [2.24, 2.45) is 5.73 Å². The molecule has 14 heavy (non-hydrogen) atoms. The Morgan fingerprint density at radius 1 is 1.50 bits per heavy atom. The summed E-state index contributed by atoms with van der Waals surface area (Å²) < 4.78 is 0. The minimum absolute atomic E-state index is 0.0747. The molecule has 1 atom stereocenters. The van der Waals surface area contributed by atoms with E-state index in [0.29, 0.717) is 0 Å². The Labute approximate surface area is 83.3 Å². The number of rotatable bonds is 0. The summed E-state index contributed by atoms with van der Waals surface area (Å²) in [5.41, 5.74) is 8.93. The molecule has 74 valence electrons. The molecular formula is C11H14N2O. The van der Waals surface area contributed by atoms with Gasteiger partial charge in [-0.15, -0.1) is 0 Å². The molecule has 2 rings (SSSR count). The summed E-state index contributed by atoms with van der Waals surface area (Å²) >= 11 is 0. The van der Waals surface area contributed by atoms with E-state index >= 15 is 0 Å². The first kappa shape index (κ1) is 9.21. The van der Waals surface area contributed by atoms with Crippen LogP contribution in [0.25, 0.3) is 0 Å². The number of hydrogen-bond donors (Lipinski definition) is 2. The predicted octanol–water partition coefficient (Wildman–Crippen LogP) is 1.21. The van der Waals surface area contributed by atoms with Crippen molar-refractivity contribution in [3.63, 3.8) is 0 Å². The van der Waals surface area contributed by atoms with Crippen molar-refractivity contribution in [3.8, 4) is 0 Å². The van der Waals surface area contributed by atoms with Gasteiger partial charge >= 0.3 is 0 Å². The van der Waals surface area contributed by atoms with Gasteiger partial charge in [-0.3, -0.25) is 4.79 Å². The average molecular weight is 190 g/mol. The molecule has 0 aromatic heterocycles. The van der Waals surface area contributed by atoms with Crippen LogP contribution in [0.5, 0.6) is 0 Å². The Hall–Kier alpha value is -1.35. The fourth-order valence-electron chi connectivity index (χ4n) is 1.69. The largest absolute Gasteiger partial charge is 0.324 e. The highest BCUT2D eigenvalue weighted by Crippen LogP contribution is 2.22. The molecular weight excluding hydrogens is 176 g/mol. The van der Waals surface area contributed by atoms with Gasteiger partial charge in [0.15, 0.2) is 0 Å². The molecule has 1 aromatic carbocycles. The smallest absolute Gasteiger partial charge is 0.241 e. The number of aryl methyl sites for hydroxylation is 2. The van der Waals surface area contributed by atoms with Crippen LogP contribution in [0.15, 0.2) is 18.2 Å². The zero-order chi connectivity index (χ0) is 10.1. The number of carbonyl (C=O) groups excluding carboxylic acids is 1. The molecule has 1 aromatic rings. The Kier molecular flexibility index (Phi) is 2.25. The highest BCUT2D eigenvalue weighted by molar-refractivity contribution is 5.96. The van der Waals surface area contributed by atoms with Gasteiger partial charge in [-0.25, -0.2) is 0 Å². The first-order valence-corrected chi connectivity index (χ1v) is 4.83. The Balaban J connectivity index is 2.38. The molecule has 0 unspecified atom stereocenters. The standard InChI is InChI=1S/C11H14N2O/c1-7-2-3-8-4-5-9(12)11(14)13-10(8)6-7/h2-3,6,9H,4-5,12H2,1H3,(H,13,14)/t9-/m0/s1. The molecule has 1 aliphatic heterocycles. The summed E-state index contributed by atoms with van der Waals surface area (Å²) in [7, 11) is 0. The van der Waals surface area contributed by atoms with E-state index in [9.17, 15) is 4.79 Å². The lowest BCUT2D eigenvalue weighted by molar-refractivity contribution is -0.117. The third-order valence-corrected chi connectivity index (χ3v) is 2.58. The summed E-state index contributed by atoms with van der Waals surface area (Å²) in [6.07, 6.45) is 1.59. The Morgan fingerprint density at radius 2 is 2.29 bits per heavy atom. The van der Waals surface area contributed by atoms with E-state index in [1.807, 2.05) is 13.0 Å². The molecule has 3 N–H and O–H groups in total. The topological polar surface area (TPSA) is 55.1 Å². The van der Waals surface area contributed by atoms with E-state index in [-0.39, 0.29) is 11.9 Å². The predicted molar refractivity (Wildman–Crippen MR) is 56.1 cm³/mol. The van der Waals surface area contributed by atoms with Crippen LogP contribution in [-0.4, -0.2) is 11.9 Å². The molecule has 1 heterocycles. The molecule has 1 amide bonds. The van der Waals surface area contributed by atoms with E-state index in [4.69, 9.17) is 5.73 Å². The maximum Gasteiger partial charge on any atom is 0.241 e. The number of nitrogens with one attached hydrogen (secondary N) is 1. The number of amides is 1. The molecule has 0 aliphatic carbocycles. The Morgan fingerprint density at radius 3 is 3.07 bits per heavy atom. The SMILES string of the molecule is Cc1ccc2c(c1)NC(=O)[C@@H](N)CC2. The van der Waals surface area contributed by atoms with Crippen molar-refractivity contribution >= 4 is 11.6 Å². The molecule has 0 saturated heterocycles. The summed E-state index contributed by atoms with van der Waals surface area (Å²) in [5.74, 6) is -0.0747. The van der Waals surface area contributed by atoms with Crippen LogP contribution in [0.4, 0.5) is 5.69 Å². The van der Waals surface area contributed by atoms with Crippen molar-refractivity contribution in [1.82, 2.24) is 0 Å². The van der Waals surface area contributed by atoms with Crippen molar-refractivity contribution in [3.05, 3.63) is 29.3 Å². The Bertz CT molecular complexity index is 374. The third kappa shape index (κ3) is 1.63. The van der Waals surface area contributed by atoms with Gasteiger partial charge in [-0.2, -0.15) is 0 Å². The maximum absolute atomic E-state index is 11.5. The van der Waals surface area contributed by atoms with Crippen LogP contribution >= 0.6 is 0 Å². The number of carbonyl (C=O) groups is 1. The zero-order valence-electron chi connectivity index (χ0n) is 8.21. The highest BCUT2D eigenvalue weighted by atomic mass is 16.2. The summed E-state index contributed by atoms with van der Waals surface area (Å²) in [5, 5.41) is 2.85. The van der Waals surface area contributed by atoms with Crippen molar-refractivity contribution in [1.29, 1.82) is 0 Å². The van der Waals surface area contributed by atoms with E-state index in [2.05, 4.69) is 17.4 Å². The van der Waals surface area contributed by atoms with Crippen LogP contribution in [0.1, 0.15) is 17.5 Å². The number of hydrogen-bond acceptors (Lipinski definition) is 2. The highest BCUT2D eigenvalue weighted by Gasteiger charge is 2.19. The lowest BCUT2D eigenvalue weighted by Gasteiger charge is -2.07. The summed E-state index contributed by atoms with van der Waals surface area (Å²) in [6, 6.07) is 5.73. The molecule has 0 fully saturated rings. The summed E-state index contributed by atoms with van der Waals surface area (Å²) in [6.45, 7) is 2.01. The van der Waals surface area contributed by atoms with Gasteiger partial charge in [-0.05, 0) is 37.0 Å². The summed E-state index contributed by atoms with van der Waals surface area (Å²) in [4.78, 5) is 11.5. The zero-order valence-corrected chi connectivity index (χ0v) is 8.21. The monoisotopic (exact) mass is 190 g/mol. The van der Waals surface area contributed by atoms with Crippen LogP contribution in [0, 0.1) is 6.92 Å². The van der Waals surface area contributed by atoms with Gasteiger partial charge in [0, 0.05) is 5.69 Å². The normalized spacial score (nSPS) is 21.0. The molecule has 0 spiro atoms.